The standard InChI is InChI=1S/C20H17N3O2/c1-13-20(24)23-18-10-7-15(11-17(18)21-12-19(23)22-13)4-3-14-5-8-16(25-2)9-6-14/h3-12,24H,1-2H3/b4-3+. The van der Waals surface area contributed by atoms with Gasteiger partial charge in [0.25, 0.3) is 0 Å². The average molecular weight is 331 g/mol. The van der Waals surface area contributed by atoms with E-state index in [0.717, 1.165) is 27.9 Å². The fourth-order valence-electron chi connectivity index (χ4n) is 2.84. The van der Waals surface area contributed by atoms with Crippen molar-refractivity contribution in [1.82, 2.24) is 14.4 Å². The Labute approximate surface area is 144 Å². The van der Waals surface area contributed by atoms with Crippen molar-refractivity contribution in [1.29, 1.82) is 0 Å². The van der Waals surface area contributed by atoms with Crippen molar-refractivity contribution in [3.05, 3.63) is 65.5 Å². The van der Waals surface area contributed by atoms with Crippen LogP contribution in [0.5, 0.6) is 11.6 Å². The van der Waals surface area contributed by atoms with Gasteiger partial charge in [0.15, 0.2) is 5.65 Å². The van der Waals surface area contributed by atoms with Gasteiger partial charge < -0.3 is 9.84 Å². The minimum Gasteiger partial charge on any atom is -0.497 e. The molecule has 2 heterocycles. The first-order valence-electron chi connectivity index (χ1n) is 7.94. The number of benzene rings is 2. The van der Waals surface area contributed by atoms with Crippen molar-refractivity contribution in [3.8, 4) is 11.6 Å². The van der Waals surface area contributed by atoms with Crippen molar-refractivity contribution >= 4 is 28.8 Å². The van der Waals surface area contributed by atoms with E-state index in [4.69, 9.17) is 4.74 Å². The molecule has 4 aromatic rings. The van der Waals surface area contributed by atoms with Crippen LogP contribution in [-0.4, -0.2) is 26.6 Å². The summed E-state index contributed by atoms with van der Waals surface area (Å²) in [5, 5.41) is 10.2. The molecular weight excluding hydrogens is 314 g/mol. The second-order valence-electron chi connectivity index (χ2n) is 5.83. The van der Waals surface area contributed by atoms with Crippen LogP contribution in [-0.2, 0) is 0 Å². The molecule has 4 rings (SSSR count). The molecule has 0 radical (unpaired) electrons. The van der Waals surface area contributed by atoms with Crippen molar-refractivity contribution < 1.29 is 9.84 Å². The Morgan fingerprint density at radius 2 is 1.76 bits per heavy atom. The van der Waals surface area contributed by atoms with Crippen LogP contribution in [0, 0.1) is 6.92 Å². The summed E-state index contributed by atoms with van der Waals surface area (Å²) in [4.78, 5) is 8.76. The second-order valence-corrected chi connectivity index (χ2v) is 5.83. The van der Waals surface area contributed by atoms with E-state index in [1.54, 1.807) is 24.6 Å². The summed E-state index contributed by atoms with van der Waals surface area (Å²) in [6.45, 7) is 1.78. The van der Waals surface area contributed by atoms with E-state index < -0.39 is 0 Å². The van der Waals surface area contributed by atoms with Gasteiger partial charge in [-0.1, -0.05) is 30.4 Å². The summed E-state index contributed by atoms with van der Waals surface area (Å²) in [5.74, 6) is 0.996. The van der Waals surface area contributed by atoms with Gasteiger partial charge in [-0.2, -0.15) is 0 Å². The Kier molecular flexibility index (Phi) is 3.61. The summed E-state index contributed by atoms with van der Waals surface area (Å²) in [7, 11) is 1.66. The van der Waals surface area contributed by atoms with Crippen LogP contribution in [0.2, 0.25) is 0 Å². The molecule has 0 aliphatic carbocycles. The third-order valence-electron chi connectivity index (χ3n) is 4.19. The van der Waals surface area contributed by atoms with Crippen LogP contribution in [0.4, 0.5) is 0 Å². The minimum atomic E-state index is 0.156. The number of nitrogens with zero attached hydrogens (tertiary/aromatic N) is 3. The van der Waals surface area contributed by atoms with Crippen molar-refractivity contribution in [2.45, 2.75) is 6.92 Å². The molecule has 0 bridgehead atoms. The van der Waals surface area contributed by atoms with E-state index in [9.17, 15) is 5.11 Å². The van der Waals surface area contributed by atoms with E-state index >= 15 is 0 Å². The lowest BCUT2D eigenvalue weighted by atomic mass is 10.1. The smallest absolute Gasteiger partial charge is 0.219 e. The molecule has 124 valence electrons. The molecule has 0 aliphatic rings. The Morgan fingerprint density at radius 1 is 1.04 bits per heavy atom. The zero-order chi connectivity index (χ0) is 17.4. The molecule has 0 spiro atoms. The van der Waals surface area contributed by atoms with Crippen LogP contribution in [0.25, 0.3) is 28.8 Å². The molecule has 0 aliphatic heterocycles. The van der Waals surface area contributed by atoms with Crippen LogP contribution in [0.15, 0.2) is 48.7 Å². The highest BCUT2D eigenvalue weighted by molar-refractivity contribution is 5.82. The highest BCUT2D eigenvalue weighted by Gasteiger charge is 2.10. The zero-order valence-corrected chi connectivity index (χ0v) is 14.0. The van der Waals surface area contributed by atoms with E-state index in [-0.39, 0.29) is 5.88 Å². The number of hydrogen-bond donors (Lipinski definition) is 1. The molecule has 2 aromatic carbocycles. The van der Waals surface area contributed by atoms with Gasteiger partial charge in [-0.3, -0.25) is 9.38 Å². The largest absolute Gasteiger partial charge is 0.497 e. The summed E-state index contributed by atoms with van der Waals surface area (Å²) in [5.41, 5.74) is 5.00. The third kappa shape index (κ3) is 2.70. The highest BCUT2D eigenvalue weighted by Crippen LogP contribution is 2.24. The monoisotopic (exact) mass is 331 g/mol. The number of ether oxygens (including phenoxy) is 1. The Balaban J connectivity index is 1.72. The lowest BCUT2D eigenvalue weighted by molar-refractivity contribution is 0.415. The van der Waals surface area contributed by atoms with Gasteiger partial charge in [-0.05, 0) is 42.3 Å². The molecule has 0 saturated carbocycles. The third-order valence-corrected chi connectivity index (χ3v) is 4.19. The van der Waals surface area contributed by atoms with Crippen LogP contribution < -0.4 is 4.74 Å². The summed E-state index contributed by atoms with van der Waals surface area (Å²) >= 11 is 0. The lowest BCUT2D eigenvalue weighted by Gasteiger charge is -2.04. The van der Waals surface area contributed by atoms with E-state index in [2.05, 4.69) is 9.97 Å². The maximum absolute atomic E-state index is 10.2. The van der Waals surface area contributed by atoms with Gasteiger partial charge >= 0.3 is 0 Å². The Morgan fingerprint density at radius 3 is 2.52 bits per heavy atom. The first-order valence-corrected chi connectivity index (χ1v) is 7.94. The van der Waals surface area contributed by atoms with Crippen molar-refractivity contribution in [3.63, 3.8) is 0 Å². The molecule has 5 heteroatoms. The van der Waals surface area contributed by atoms with Gasteiger partial charge in [0.1, 0.15) is 11.4 Å². The molecule has 0 saturated heterocycles. The summed E-state index contributed by atoms with van der Waals surface area (Å²) in [6, 6.07) is 13.8. The number of rotatable bonds is 3. The molecule has 0 unspecified atom stereocenters. The number of aryl methyl sites for hydroxylation is 1. The fourth-order valence-corrected chi connectivity index (χ4v) is 2.84. The molecule has 25 heavy (non-hydrogen) atoms. The first-order chi connectivity index (χ1) is 12.2. The second kappa shape index (κ2) is 5.94. The van der Waals surface area contributed by atoms with Crippen molar-refractivity contribution in [2.75, 3.05) is 7.11 Å². The Hall–Kier alpha value is -3.34. The predicted molar refractivity (Wildman–Crippen MR) is 98.8 cm³/mol. The molecule has 0 fully saturated rings. The number of aromatic nitrogens is 3. The van der Waals surface area contributed by atoms with Gasteiger partial charge in [0.2, 0.25) is 5.88 Å². The van der Waals surface area contributed by atoms with Crippen LogP contribution in [0.3, 0.4) is 0 Å². The summed E-state index contributed by atoms with van der Waals surface area (Å²) < 4.78 is 6.88. The number of aromatic hydroxyl groups is 1. The molecule has 0 atom stereocenters. The summed E-state index contributed by atoms with van der Waals surface area (Å²) in [6.07, 6.45) is 5.75. The molecule has 2 aromatic heterocycles. The molecular formula is C20H17N3O2. The van der Waals surface area contributed by atoms with E-state index in [1.807, 2.05) is 54.6 Å². The highest BCUT2D eigenvalue weighted by atomic mass is 16.5. The van der Waals surface area contributed by atoms with Crippen LogP contribution >= 0.6 is 0 Å². The molecule has 0 amide bonds. The van der Waals surface area contributed by atoms with Gasteiger partial charge in [-0.25, -0.2) is 4.98 Å². The molecule has 1 N–H and O–H groups in total. The van der Waals surface area contributed by atoms with Crippen molar-refractivity contribution in [2.24, 2.45) is 0 Å². The predicted octanol–water partition coefficient (Wildman–Crippen LogP) is 4.08. The zero-order valence-electron chi connectivity index (χ0n) is 14.0. The number of fused-ring (bicyclic) bond motifs is 3. The number of methoxy groups -OCH3 is 1. The van der Waals surface area contributed by atoms with Crippen LogP contribution in [0.1, 0.15) is 16.8 Å². The fraction of sp³-hybridized carbons (Fsp3) is 0.100. The maximum Gasteiger partial charge on any atom is 0.219 e. The van der Waals surface area contributed by atoms with Gasteiger partial charge in [0.05, 0.1) is 24.3 Å². The van der Waals surface area contributed by atoms with E-state index in [0.29, 0.717) is 11.3 Å². The Bertz CT molecular complexity index is 1100. The minimum absolute atomic E-state index is 0.156. The molecule has 5 nitrogen and oxygen atoms in total. The topological polar surface area (TPSA) is 59.7 Å². The average Bonchev–Trinajstić information content (AvgIpc) is 2.94. The quantitative estimate of drug-likeness (QED) is 0.575. The van der Waals surface area contributed by atoms with Gasteiger partial charge in [0, 0.05) is 0 Å². The number of hydrogen-bond acceptors (Lipinski definition) is 4. The SMILES string of the molecule is COc1ccc(/C=C/c2ccc3c(c2)ncc2nc(C)c(O)n23)cc1. The maximum atomic E-state index is 10.2. The van der Waals surface area contributed by atoms with E-state index in [1.165, 1.54) is 0 Å². The lowest BCUT2D eigenvalue weighted by Crippen LogP contribution is -1.91. The van der Waals surface area contributed by atoms with Gasteiger partial charge in [-0.15, -0.1) is 0 Å². The first kappa shape index (κ1) is 15.2. The normalized spacial score (nSPS) is 11.6. The number of imidazole rings is 1.